The van der Waals surface area contributed by atoms with Crippen molar-refractivity contribution in [2.45, 2.75) is 13.2 Å². The van der Waals surface area contributed by atoms with Gasteiger partial charge in [-0.05, 0) is 5.56 Å². The molecule has 1 heterocycles. The summed E-state index contributed by atoms with van der Waals surface area (Å²) in [5.74, 6) is -0.620. The molecule has 0 radical (unpaired) electrons. The predicted octanol–water partition coefficient (Wildman–Crippen LogP) is 1.29. The van der Waals surface area contributed by atoms with Crippen LogP contribution in [0.3, 0.4) is 0 Å². The maximum atomic E-state index is 11.7. The van der Waals surface area contributed by atoms with Crippen molar-refractivity contribution in [3.63, 3.8) is 0 Å². The van der Waals surface area contributed by atoms with Crippen LogP contribution < -0.4 is 5.32 Å². The topological polar surface area (TPSA) is 90.7 Å². The Bertz CT molecular complexity index is 624. The van der Waals surface area contributed by atoms with Gasteiger partial charge in [0, 0.05) is 6.07 Å². The van der Waals surface area contributed by atoms with Gasteiger partial charge >= 0.3 is 5.97 Å². The van der Waals surface area contributed by atoms with Crippen molar-refractivity contribution in [3.05, 3.63) is 53.4 Å². The molecule has 0 aliphatic rings. The lowest BCUT2D eigenvalue weighted by molar-refractivity contribution is -0.139. The largest absolute Gasteiger partial charge is 0.468 e. The smallest absolute Gasteiger partial charge is 0.325 e. The van der Waals surface area contributed by atoms with Crippen LogP contribution in [0, 0.1) is 0 Å². The number of nitrogens with one attached hydrogen (secondary N) is 1. The van der Waals surface area contributed by atoms with Gasteiger partial charge in [0.1, 0.15) is 13.2 Å². The second-order valence-electron chi connectivity index (χ2n) is 4.42. The molecule has 7 nitrogen and oxygen atoms in total. The average Bonchev–Trinajstić information content (AvgIpc) is 3.02. The van der Waals surface area contributed by atoms with Gasteiger partial charge in [-0.3, -0.25) is 9.59 Å². The molecule has 2 rings (SSSR count). The standard InChI is InChI=1S/C15H16N2O5/c1-20-14(18)8-16-15(19)13-7-12(22-17-13)10-21-9-11-5-3-2-4-6-11/h2-7H,8-10H2,1H3,(H,16,19). The van der Waals surface area contributed by atoms with Crippen molar-refractivity contribution in [1.29, 1.82) is 0 Å². The number of ether oxygens (including phenoxy) is 2. The first-order valence-corrected chi connectivity index (χ1v) is 6.61. The number of hydrogen-bond acceptors (Lipinski definition) is 6. The SMILES string of the molecule is COC(=O)CNC(=O)c1cc(COCc2ccccc2)on1. The number of rotatable bonds is 7. The van der Waals surface area contributed by atoms with E-state index in [0.29, 0.717) is 12.4 Å². The summed E-state index contributed by atoms with van der Waals surface area (Å²) in [6.07, 6.45) is 0. The molecule has 7 heteroatoms. The molecular weight excluding hydrogens is 288 g/mol. The lowest BCUT2D eigenvalue weighted by atomic mass is 10.2. The first-order valence-electron chi connectivity index (χ1n) is 6.61. The minimum atomic E-state index is -0.539. The average molecular weight is 304 g/mol. The molecule has 0 aliphatic heterocycles. The molecule has 0 atom stereocenters. The molecule has 0 saturated heterocycles. The molecule has 22 heavy (non-hydrogen) atoms. The Balaban J connectivity index is 1.78. The number of carbonyl (C=O) groups excluding carboxylic acids is 2. The van der Waals surface area contributed by atoms with E-state index in [-0.39, 0.29) is 18.8 Å². The number of benzene rings is 1. The molecule has 1 aromatic heterocycles. The highest BCUT2D eigenvalue weighted by Gasteiger charge is 2.13. The third-order valence-electron chi connectivity index (χ3n) is 2.77. The summed E-state index contributed by atoms with van der Waals surface area (Å²) in [5, 5.41) is 5.99. The zero-order valence-electron chi connectivity index (χ0n) is 12.1. The van der Waals surface area contributed by atoms with Gasteiger partial charge in [-0.2, -0.15) is 0 Å². The van der Waals surface area contributed by atoms with E-state index >= 15 is 0 Å². The summed E-state index contributed by atoms with van der Waals surface area (Å²) in [5.41, 5.74) is 1.13. The summed E-state index contributed by atoms with van der Waals surface area (Å²) in [7, 11) is 1.24. The van der Waals surface area contributed by atoms with Crippen molar-refractivity contribution in [2.75, 3.05) is 13.7 Å². The number of aromatic nitrogens is 1. The third-order valence-corrected chi connectivity index (χ3v) is 2.77. The fourth-order valence-corrected chi connectivity index (χ4v) is 1.65. The maximum absolute atomic E-state index is 11.7. The number of amides is 1. The third kappa shape index (κ3) is 4.71. The zero-order valence-corrected chi connectivity index (χ0v) is 12.1. The van der Waals surface area contributed by atoms with Crippen LogP contribution in [0.1, 0.15) is 21.8 Å². The van der Waals surface area contributed by atoms with Gasteiger partial charge in [0.05, 0.1) is 13.7 Å². The molecule has 1 aromatic carbocycles. The quantitative estimate of drug-likeness (QED) is 0.775. The highest BCUT2D eigenvalue weighted by Crippen LogP contribution is 2.08. The van der Waals surface area contributed by atoms with Crippen LogP contribution in [-0.2, 0) is 27.5 Å². The first-order chi connectivity index (χ1) is 10.7. The summed E-state index contributed by atoms with van der Waals surface area (Å²) in [6.45, 7) is 0.416. The van der Waals surface area contributed by atoms with Crippen molar-refractivity contribution < 1.29 is 23.6 Å². The summed E-state index contributed by atoms with van der Waals surface area (Å²) >= 11 is 0. The Morgan fingerprint density at radius 1 is 1.23 bits per heavy atom. The van der Waals surface area contributed by atoms with Gasteiger partial charge in [0.25, 0.3) is 5.91 Å². The van der Waals surface area contributed by atoms with Gasteiger partial charge in [0.2, 0.25) is 0 Å². The van der Waals surface area contributed by atoms with Gasteiger partial charge in [-0.15, -0.1) is 0 Å². The highest BCUT2D eigenvalue weighted by atomic mass is 16.5. The van der Waals surface area contributed by atoms with Gasteiger partial charge in [-0.1, -0.05) is 35.5 Å². The summed E-state index contributed by atoms with van der Waals surface area (Å²) in [6, 6.07) is 11.2. The second-order valence-corrected chi connectivity index (χ2v) is 4.42. The number of hydrogen-bond donors (Lipinski definition) is 1. The van der Waals surface area contributed by atoms with Crippen molar-refractivity contribution in [3.8, 4) is 0 Å². The van der Waals surface area contributed by atoms with Crippen molar-refractivity contribution in [2.24, 2.45) is 0 Å². The van der Waals surface area contributed by atoms with Crippen LogP contribution in [0.4, 0.5) is 0 Å². The predicted molar refractivity (Wildman–Crippen MR) is 75.8 cm³/mol. The van der Waals surface area contributed by atoms with Crippen LogP contribution in [0.25, 0.3) is 0 Å². The highest BCUT2D eigenvalue weighted by molar-refractivity contribution is 5.94. The van der Waals surface area contributed by atoms with Crippen LogP contribution in [0.15, 0.2) is 40.9 Å². The van der Waals surface area contributed by atoms with E-state index in [1.54, 1.807) is 0 Å². The summed E-state index contributed by atoms with van der Waals surface area (Å²) < 4.78 is 14.9. The van der Waals surface area contributed by atoms with Crippen LogP contribution in [0.5, 0.6) is 0 Å². The fraction of sp³-hybridized carbons (Fsp3) is 0.267. The normalized spacial score (nSPS) is 10.2. The lowest BCUT2D eigenvalue weighted by Gasteiger charge is -2.01. The van der Waals surface area contributed by atoms with Crippen LogP contribution >= 0.6 is 0 Å². The van der Waals surface area contributed by atoms with E-state index in [1.165, 1.54) is 13.2 Å². The number of nitrogens with zero attached hydrogens (tertiary/aromatic N) is 1. The van der Waals surface area contributed by atoms with Gasteiger partial charge in [-0.25, -0.2) is 0 Å². The van der Waals surface area contributed by atoms with E-state index in [4.69, 9.17) is 9.26 Å². The van der Waals surface area contributed by atoms with E-state index < -0.39 is 11.9 Å². The Kier molecular flexibility index (Phi) is 5.67. The van der Waals surface area contributed by atoms with Crippen LogP contribution in [-0.4, -0.2) is 30.7 Å². The van der Waals surface area contributed by atoms with E-state index in [0.717, 1.165) is 5.56 Å². The Morgan fingerprint density at radius 2 is 2.00 bits per heavy atom. The molecule has 0 bridgehead atoms. The van der Waals surface area contributed by atoms with Crippen LogP contribution in [0.2, 0.25) is 0 Å². The van der Waals surface area contributed by atoms with E-state index in [2.05, 4.69) is 15.2 Å². The molecule has 0 saturated carbocycles. The first kappa shape index (κ1) is 15.7. The maximum Gasteiger partial charge on any atom is 0.325 e. The van der Waals surface area contributed by atoms with E-state index in [1.807, 2.05) is 30.3 Å². The zero-order chi connectivity index (χ0) is 15.8. The molecule has 116 valence electrons. The molecule has 2 aromatic rings. The molecule has 0 aliphatic carbocycles. The van der Waals surface area contributed by atoms with Gasteiger partial charge in [0.15, 0.2) is 11.5 Å². The van der Waals surface area contributed by atoms with E-state index in [9.17, 15) is 9.59 Å². The Morgan fingerprint density at radius 3 is 2.73 bits per heavy atom. The molecule has 0 fully saturated rings. The second kappa shape index (κ2) is 7.94. The Hall–Kier alpha value is -2.67. The van der Waals surface area contributed by atoms with Crippen molar-refractivity contribution in [1.82, 2.24) is 10.5 Å². The Labute approximate surface area is 127 Å². The minimum Gasteiger partial charge on any atom is -0.468 e. The molecular formula is C15H16N2O5. The lowest BCUT2D eigenvalue weighted by Crippen LogP contribution is -2.30. The molecule has 1 amide bonds. The molecule has 0 spiro atoms. The van der Waals surface area contributed by atoms with Gasteiger partial charge < -0.3 is 19.3 Å². The number of methoxy groups -OCH3 is 1. The molecule has 1 N–H and O–H groups in total. The number of esters is 1. The number of carbonyl (C=O) groups is 2. The monoisotopic (exact) mass is 304 g/mol. The van der Waals surface area contributed by atoms with Crippen molar-refractivity contribution >= 4 is 11.9 Å². The fourth-order valence-electron chi connectivity index (χ4n) is 1.65. The summed E-state index contributed by atoms with van der Waals surface area (Å²) in [4.78, 5) is 22.6. The molecule has 0 unspecified atom stereocenters. The minimum absolute atomic E-state index is 0.0854.